The Morgan fingerprint density at radius 2 is 2.00 bits per heavy atom. The van der Waals surface area contributed by atoms with Crippen molar-refractivity contribution in [3.05, 3.63) is 28.8 Å². The molecule has 1 heterocycles. The van der Waals surface area contributed by atoms with Crippen LogP contribution in [0, 0.1) is 19.8 Å². The van der Waals surface area contributed by atoms with Gasteiger partial charge in [0.25, 0.3) is 0 Å². The van der Waals surface area contributed by atoms with Crippen LogP contribution in [0.5, 0.6) is 0 Å². The van der Waals surface area contributed by atoms with Gasteiger partial charge in [-0.2, -0.15) is 0 Å². The van der Waals surface area contributed by atoms with E-state index in [1.54, 1.807) is 0 Å². The van der Waals surface area contributed by atoms with E-state index in [2.05, 4.69) is 36.2 Å². The summed E-state index contributed by atoms with van der Waals surface area (Å²) in [5.74, 6) is 0.886. The molecule has 1 aromatic carbocycles. The maximum absolute atomic E-state index is 5.61. The van der Waals surface area contributed by atoms with Gasteiger partial charge in [-0.3, -0.25) is 0 Å². The third-order valence-electron chi connectivity index (χ3n) is 4.83. The van der Waals surface area contributed by atoms with E-state index in [9.17, 15) is 0 Å². The molecule has 0 N–H and O–H groups in total. The van der Waals surface area contributed by atoms with Crippen molar-refractivity contribution in [3.63, 3.8) is 0 Å². The molecule has 2 aliphatic rings. The summed E-state index contributed by atoms with van der Waals surface area (Å²) in [5.41, 5.74) is 4.37. The minimum Gasteiger partial charge on any atom is -0.370 e. The highest BCUT2D eigenvalue weighted by Gasteiger charge is 2.43. The Balaban J connectivity index is 1.61. The van der Waals surface area contributed by atoms with Crippen molar-refractivity contribution in [1.82, 2.24) is 0 Å². The first-order valence-electron chi connectivity index (χ1n) is 7.11. The number of benzene rings is 1. The first kappa shape index (κ1) is 12.4. The number of aryl methyl sites for hydroxylation is 1. The minimum atomic E-state index is 0.621. The van der Waals surface area contributed by atoms with Crippen LogP contribution in [0.3, 0.4) is 0 Å². The highest BCUT2D eigenvalue weighted by atomic mass is 28.1. The summed E-state index contributed by atoms with van der Waals surface area (Å²) >= 11 is 0. The second kappa shape index (κ2) is 4.82. The van der Waals surface area contributed by atoms with Crippen LogP contribution in [-0.2, 0) is 11.2 Å². The van der Waals surface area contributed by atoms with E-state index in [4.69, 9.17) is 4.74 Å². The number of epoxide rings is 1. The number of rotatable bonds is 3. The zero-order valence-corrected chi connectivity index (χ0v) is 12.3. The van der Waals surface area contributed by atoms with Crippen LogP contribution in [0.1, 0.15) is 42.4 Å². The summed E-state index contributed by atoms with van der Waals surface area (Å²) in [7, 11) is 3.66. The fraction of sp³-hybridized carbons (Fsp3) is 0.625. The van der Waals surface area contributed by atoms with Gasteiger partial charge in [0.05, 0.1) is 22.5 Å². The molecular formula is C16H21OSi. The molecule has 0 amide bonds. The Morgan fingerprint density at radius 3 is 2.78 bits per heavy atom. The highest BCUT2D eigenvalue weighted by molar-refractivity contribution is 6.33. The topological polar surface area (TPSA) is 12.5 Å². The Kier molecular flexibility index (Phi) is 3.33. The fourth-order valence-corrected chi connectivity index (χ4v) is 3.53. The van der Waals surface area contributed by atoms with Crippen molar-refractivity contribution in [3.8, 4) is 0 Å². The molecule has 95 valence electrons. The van der Waals surface area contributed by atoms with Gasteiger partial charge in [-0.1, -0.05) is 17.3 Å². The quantitative estimate of drug-likeness (QED) is 0.599. The molecule has 2 fully saturated rings. The summed E-state index contributed by atoms with van der Waals surface area (Å²) in [6.45, 7) is 4.44. The van der Waals surface area contributed by atoms with Crippen LogP contribution in [0.2, 0.25) is 0 Å². The molecule has 3 radical (unpaired) electrons. The third kappa shape index (κ3) is 2.41. The molecule has 0 spiro atoms. The first-order valence-corrected chi connectivity index (χ1v) is 7.61. The Bertz CT molecular complexity index is 455. The van der Waals surface area contributed by atoms with Crippen molar-refractivity contribution >= 4 is 15.4 Å². The van der Waals surface area contributed by atoms with E-state index in [0.717, 1.165) is 5.92 Å². The van der Waals surface area contributed by atoms with Crippen LogP contribution >= 0.6 is 0 Å². The van der Waals surface area contributed by atoms with Gasteiger partial charge in [0.1, 0.15) is 0 Å². The molecule has 1 nitrogen and oxygen atoms in total. The van der Waals surface area contributed by atoms with E-state index in [1.807, 2.05) is 0 Å². The summed E-state index contributed by atoms with van der Waals surface area (Å²) < 4.78 is 5.61. The van der Waals surface area contributed by atoms with Crippen LogP contribution < -0.4 is 5.19 Å². The number of hydrogen-bond donors (Lipinski definition) is 0. The average Bonchev–Trinajstić information content (AvgIpc) is 3.13. The molecule has 3 rings (SSSR count). The predicted octanol–water partition coefficient (Wildman–Crippen LogP) is 2.60. The van der Waals surface area contributed by atoms with Crippen molar-refractivity contribution in [2.24, 2.45) is 5.92 Å². The molecule has 1 aromatic rings. The lowest BCUT2D eigenvalue weighted by Gasteiger charge is -2.19. The van der Waals surface area contributed by atoms with Gasteiger partial charge < -0.3 is 4.74 Å². The molecular weight excluding hydrogens is 236 g/mol. The SMILES string of the molecule is Cc1c([Si])ccc(CCC2CCC3OC3C2)c1C. The lowest BCUT2D eigenvalue weighted by atomic mass is 9.84. The fourth-order valence-electron chi connectivity index (χ4n) is 3.26. The van der Waals surface area contributed by atoms with E-state index in [0.29, 0.717) is 12.2 Å². The number of hydrogen-bond acceptors (Lipinski definition) is 1. The number of ether oxygens (including phenoxy) is 1. The van der Waals surface area contributed by atoms with Gasteiger partial charge in [-0.05, 0) is 68.6 Å². The Morgan fingerprint density at radius 1 is 1.17 bits per heavy atom. The normalized spacial score (nSPS) is 30.1. The lowest BCUT2D eigenvalue weighted by Crippen LogP contribution is -2.15. The highest BCUT2D eigenvalue weighted by Crippen LogP contribution is 2.40. The third-order valence-corrected chi connectivity index (χ3v) is 5.38. The molecule has 3 atom stereocenters. The molecule has 3 unspecified atom stereocenters. The largest absolute Gasteiger partial charge is 0.370 e. The van der Waals surface area contributed by atoms with Crippen molar-refractivity contribution in [2.45, 2.75) is 58.2 Å². The Hall–Kier alpha value is -0.603. The summed E-state index contributed by atoms with van der Waals surface area (Å²) in [5, 5.41) is 1.23. The average molecular weight is 257 g/mol. The van der Waals surface area contributed by atoms with Crippen molar-refractivity contribution in [2.75, 3.05) is 0 Å². The van der Waals surface area contributed by atoms with Gasteiger partial charge in [-0.25, -0.2) is 0 Å². The zero-order chi connectivity index (χ0) is 12.7. The lowest BCUT2D eigenvalue weighted by molar-refractivity contribution is 0.351. The van der Waals surface area contributed by atoms with Gasteiger partial charge in [0, 0.05) is 0 Å². The van der Waals surface area contributed by atoms with E-state index in [1.165, 1.54) is 54.0 Å². The molecule has 1 aliphatic carbocycles. The zero-order valence-electron chi connectivity index (χ0n) is 11.3. The predicted molar refractivity (Wildman–Crippen MR) is 75.6 cm³/mol. The van der Waals surface area contributed by atoms with E-state index < -0.39 is 0 Å². The van der Waals surface area contributed by atoms with E-state index in [-0.39, 0.29) is 0 Å². The van der Waals surface area contributed by atoms with Gasteiger partial charge >= 0.3 is 0 Å². The Labute approximate surface area is 113 Å². The molecule has 1 saturated heterocycles. The van der Waals surface area contributed by atoms with Gasteiger partial charge in [0.15, 0.2) is 0 Å². The van der Waals surface area contributed by atoms with Crippen LogP contribution in [0.15, 0.2) is 12.1 Å². The standard InChI is InChI=1S/C16H21OSi/c1-10-11(2)16(18)8-6-13(10)5-3-12-4-7-14-15(9-12)17-14/h6,8,12,14-15H,3-5,7,9H2,1-2H3. The van der Waals surface area contributed by atoms with Crippen LogP contribution in [-0.4, -0.2) is 22.5 Å². The van der Waals surface area contributed by atoms with Crippen LogP contribution in [0.4, 0.5) is 0 Å². The van der Waals surface area contributed by atoms with Gasteiger partial charge in [-0.15, -0.1) is 0 Å². The molecule has 2 heteroatoms. The molecule has 1 aliphatic heterocycles. The summed E-state index contributed by atoms with van der Waals surface area (Å²) in [4.78, 5) is 0. The molecule has 1 saturated carbocycles. The van der Waals surface area contributed by atoms with E-state index >= 15 is 0 Å². The van der Waals surface area contributed by atoms with Gasteiger partial charge in [0.2, 0.25) is 0 Å². The second-order valence-corrected chi connectivity index (χ2v) is 6.49. The van der Waals surface area contributed by atoms with Crippen molar-refractivity contribution < 1.29 is 4.74 Å². The summed E-state index contributed by atoms with van der Waals surface area (Å²) in [6, 6.07) is 4.47. The van der Waals surface area contributed by atoms with Crippen LogP contribution in [0.25, 0.3) is 0 Å². The molecule has 0 aromatic heterocycles. The monoisotopic (exact) mass is 257 g/mol. The molecule has 0 bridgehead atoms. The van der Waals surface area contributed by atoms with Crippen molar-refractivity contribution in [1.29, 1.82) is 0 Å². The second-order valence-electron chi connectivity index (χ2n) is 5.95. The first-order chi connectivity index (χ1) is 8.65. The summed E-state index contributed by atoms with van der Waals surface area (Å²) in [6.07, 6.45) is 7.78. The number of fused-ring (bicyclic) bond motifs is 1. The smallest absolute Gasteiger partial charge is 0.0844 e. The maximum Gasteiger partial charge on any atom is 0.0844 e. The minimum absolute atomic E-state index is 0.621. The maximum atomic E-state index is 5.61. The molecule has 18 heavy (non-hydrogen) atoms.